The molecule has 2 amide bonds. The summed E-state index contributed by atoms with van der Waals surface area (Å²) in [5, 5.41) is 3.10. The monoisotopic (exact) mass is 233 g/mol. The van der Waals surface area contributed by atoms with E-state index in [4.69, 9.17) is 5.84 Å². The van der Waals surface area contributed by atoms with Crippen LogP contribution in [0.25, 0.3) is 0 Å². The Morgan fingerprint density at radius 1 is 1.31 bits per heavy atom. The number of anilines is 1. The third-order valence-electron chi connectivity index (χ3n) is 1.78. The SMILES string of the molecule is CN(N)C(=O)Nc1ccc(C(F)(F)F)cc1. The van der Waals surface area contributed by atoms with Crippen LogP contribution in [0.2, 0.25) is 0 Å². The van der Waals surface area contributed by atoms with Gasteiger partial charge in [0.1, 0.15) is 0 Å². The molecule has 0 saturated heterocycles. The van der Waals surface area contributed by atoms with Crippen molar-refractivity contribution in [1.29, 1.82) is 0 Å². The van der Waals surface area contributed by atoms with Crippen molar-refractivity contribution in [3.8, 4) is 0 Å². The summed E-state index contributed by atoms with van der Waals surface area (Å²) in [6.45, 7) is 0. The van der Waals surface area contributed by atoms with E-state index in [9.17, 15) is 18.0 Å². The van der Waals surface area contributed by atoms with Crippen LogP contribution in [-0.4, -0.2) is 18.1 Å². The highest BCUT2D eigenvalue weighted by molar-refractivity contribution is 5.88. The van der Waals surface area contributed by atoms with Gasteiger partial charge in [0.05, 0.1) is 5.56 Å². The second-order valence-electron chi connectivity index (χ2n) is 3.12. The van der Waals surface area contributed by atoms with Crippen molar-refractivity contribution in [2.24, 2.45) is 5.84 Å². The van der Waals surface area contributed by atoms with Crippen LogP contribution in [-0.2, 0) is 6.18 Å². The zero-order chi connectivity index (χ0) is 12.3. The van der Waals surface area contributed by atoms with E-state index in [1.807, 2.05) is 0 Å². The number of benzene rings is 1. The summed E-state index contributed by atoms with van der Waals surface area (Å²) in [5.74, 6) is 5.12. The number of hydrogen-bond donors (Lipinski definition) is 2. The van der Waals surface area contributed by atoms with Crippen LogP contribution in [0.1, 0.15) is 5.56 Å². The van der Waals surface area contributed by atoms with Crippen molar-refractivity contribution in [1.82, 2.24) is 5.01 Å². The third-order valence-corrected chi connectivity index (χ3v) is 1.78. The number of hydrogen-bond acceptors (Lipinski definition) is 2. The summed E-state index contributed by atoms with van der Waals surface area (Å²) >= 11 is 0. The fourth-order valence-corrected chi connectivity index (χ4v) is 0.954. The number of hydrazine groups is 1. The molecule has 0 spiro atoms. The van der Waals surface area contributed by atoms with Gasteiger partial charge in [-0.25, -0.2) is 10.6 Å². The molecule has 1 rings (SSSR count). The van der Waals surface area contributed by atoms with E-state index in [1.165, 1.54) is 7.05 Å². The smallest absolute Gasteiger partial charge is 0.307 e. The fraction of sp³-hybridized carbons (Fsp3) is 0.222. The number of nitrogens with two attached hydrogens (primary N) is 1. The molecule has 0 unspecified atom stereocenters. The summed E-state index contributed by atoms with van der Waals surface area (Å²) in [7, 11) is 1.32. The molecule has 0 saturated carbocycles. The molecule has 1 aromatic rings. The highest BCUT2D eigenvalue weighted by Crippen LogP contribution is 2.29. The lowest BCUT2D eigenvalue weighted by atomic mass is 10.2. The minimum Gasteiger partial charge on any atom is -0.307 e. The number of alkyl halides is 3. The van der Waals surface area contributed by atoms with Gasteiger partial charge in [0.25, 0.3) is 0 Å². The second-order valence-corrected chi connectivity index (χ2v) is 3.12. The molecule has 16 heavy (non-hydrogen) atoms. The van der Waals surface area contributed by atoms with Crippen molar-refractivity contribution >= 4 is 11.7 Å². The van der Waals surface area contributed by atoms with E-state index in [-0.39, 0.29) is 5.69 Å². The predicted octanol–water partition coefficient (Wildman–Crippen LogP) is 2.04. The zero-order valence-electron chi connectivity index (χ0n) is 8.38. The molecule has 0 radical (unpaired) electrons. The summed E-state index contributed by atoms with van der Waals surface area (Å²) in [4.78, 5) is 11.1. The van der Waals surface area contributed by atoms with Crippen LogP contribution in [0.3, 0.4) is 0 Å². The standard InChI is InChI=1S/C9H10F3N3O/c1-15(13)8(16)14-7-4-2-6(3-5-7)9(10,11)12/h2-5H,13H2,1H3,(H,14,16). The Morgan fingerprint density at radius 2 is 1.81 bits per heavy atom. The average Bonchev–Trinajstić information content (AvgIpc) is 2.17. The lowest BCUT2D eigenvalue weighted by molar-refractivity contribution is -0.137. The van der Waals surface area contributed by atoms with Crippen molar-refractivity contribution < 1.29 is 18.0 Å². The largest absolute Gasteiger partial charge is 0.416 e. The molecule has 7 heteroatoms. The van der Waals surface area contributed by atoms with Gasteiger partial charge in [-0.05, 0) is 24.3 Å². The minimum absolute atomic E-state index is 0.246. The molecule has 0 aliphatic rings. The van der Waals surface area contributed by atoms with E-state index >= 15 is 0 Å². The first-order chi connectivity index (χ1) is 7.30. The first kappa shape index (κ1) is 12.3. The summed E-state index contributed by atoms with van der Waals surface area (Å²) in [5.41, 5.74) is -0.526. The lowest BCUT2D eigenvalue weighted by Crippen LogP contribution is -2.36. The molecule has 0 aromatic heterocycles. The van der Waals surface area contributed by atoms with Gasteiger partial charge < -0.3 is 5.32 Å². The maximum atomic E-state index is 12.2. The molecular formula is C9H10F3N3O. The summed E-state index contributed by atoms with van der Waals surface area (Å²) < 4.78 is 36.6. The lowest BCUT2D eigenvalue weighted by Gasteiger charge is -2.12. The number of amides is 2. The number of nitrogens with zero attached hydrogens (tertiary/aromatic N) is 1. The van der Waals surface area contributed by atoms with Crippen molar-refractivity contribution in [3.05, 3.63) is 29.8 Å². The number of nitrogens with one attached hydrogen (secondary N) is 1. The number of carbonyl (C=O) groups excluding carboxylic acids is 1. The van der Waals surface area contributed by atoms with Gasteiger partial charge in [-0.1, -0.05) is 0 Å². The van der Waals surface area contributed by atoms with Crippen LogP contribution in [0.5, 0.6) is 0 Å². The second kappa shape index (κ2) is 4.40. The van der Waals surface area contributed by atoms with Crippen LogP contribution >= 0.6 is 0 Å². The van der Waals surface area contributed by atoms with E-state index in [0.29, 0.717) is 0 Å². The Bertz CT molecular complexity index is 373. The molecule has 1 aromatic carbocycles. The molecule has 0 bridgehead atoms. The van der Waals surface area contributed by atoms with Gasteiger partial charge >= 0.3 is 12.2 Å². The summed E-state index contributed by atoms with van der Waals surface area (Å²) in [6.07, 6.45) is -4.38. The summed E-state index contributed by atoms with van der Waals surface area (Å²) in [6, 6.07) is 3.46. The molecule has 0 fully saturated rings. The Balaban J connectivity index is 2.76. The number of urea groups is 1. The minimum atomic E-state index is -4.38. The van der Waals surface area contributed by atoms with Crippen molar-refractivity contribution in [2.45, 2.75) is 6.18 Å². The maximum Gasteiger partial charge on any atom is 0.416 e. The van der Waals surface area contributed by atoms with Gasteiger partial charge in [-0.3, -0.25) is 5.01 Å². The van der Waals surface area contributed by atoms with Crippen molar-refractivity contribution in [3.63, 3.8) is 0 Å². The molecule has 3 N–H and O–H groups in total. The Hall–Kier alpha value is -1.76. The average molecular weight is 233 g/mol. The van der Waals surface area contributed by atoms with Crippen LogP contribution in [0.4, 0.5) is 23.7 Å². The molecular weight excluding hydrogens is 223 g/mol. The van der Waals surface area contributed by atoms with Crippen LogP contribution < -0.4 is 11.2 Å². The van der Waals surface area contributed by atoms with Crippen LogP contribution in [0.15, 0.2) is 24.3 Å². The number of carbonyl (C=O) groups is 1. The van der Waals surface area contributed by atoms with Crippen LogP contribution in [0, 0.1) is 0 Å². The maximum absolute atomic E-state index is 12.2. The Labute approximate surface area is 89.8 Å². The molecule has 0 atom stereocenters. The normalized spacial score (nSPS) is 11.1. The first-order valence-electron chi connectivity index (χ1n) is 4.27. The van der Waals surface area contributed by atoms with Gasteiger partial charge in [-0.2, -0.15) is 13.2 Å². The predicted molar refractivity (Wildman–Crippen MR) is 52.4 cm³/mol. The molecule has 0 aliphatic carbocycles. The molecule has 0 aliphatic heterocycles. The fourth-order valence-electron chi connectivity index (χ4n) is 0.954. The van der Waals surface area contributed by atoms with Gasteiger partial charge in [0.2, 0.25) is 0 Å². The van der Waals surface area contributed by atoms with Gasteiger partial charge in [0, 0.05) is 12.7 Å². The van der Waals surface area contributed by atoms with Gasteiger partial charge in [-0.15, -0.1) is 0 Å². The first-order valence-corrected chi connectivity index (χ1v) is 4.27. The van der Waals surface area contributed by atoms with E-state index in [0.717, 1.165) is 29.3 Å². The van der Waals surface area contributed by atoms with E-state index in [2.05, 4.69) is 5.32 Å². The molecule has 4 nitrogen and oxygen atoms in total. The van der Waals surface area contributed by atoms with E-state index in [1.54, 1.807) is 0 Å². The topological polar surface area (TPSA) is 58.4 Å². The zero-order valence-corrected chi connectivity index (χ0v) is 8.38. The van der Waals surface area contributed by atoms with E-state index < -0.39 is 17.8 Å². The quantitative estimate of drug-likeness (QED) is 0.443. The Kier molecular flexibility index (Phi) is 3.38. The highest BCUT2D eigenvalue weighted by Gasteiger charge is 2.29. The third kappa shape index (κ3) is 3.13. The molecule has 0 heterocycles. The van der Waals surface area contributed by atoms with Crippen molar-refractivity contribution in [2.75, 3.05) is 12.4 Å². The number of halogens is 3. The van der Waals surface area contributed by atoms with Gasteiger partial charge in [0.15, 0.2) is 0 Å². The highest BCUT2D eigenvalue weighted by atomic mass is 19.4. The Morgan fingerprint density at radius 3 is 2.19 bits per heavy atom. The molecule has 88 valence electrons. The number of rotatable bonds is 1.